The van der Waals surface area contributed by atoms with Gasteiger partial charge in [-0.3, -0.25) is 4.79 Å². The summed E-state index contributed by atoms with van der Waals surface area (Å²) in [5.41, 5.74) is -0.742. The SMILES string of the molecule is COc1ccc(C(=O)Nc2c(F)cc(F)cc2Cl)c(F)c1. The van der Waals surface area contributed by atoms with Gasteiger partial charge < -0.3 is 10.1 Å². The van der Waals surface area contributed by atoms with Gasteiger partial charge in [0.2, 0.25) is 0 Å². The number of halogens is 4. The van der Waals surface area contributed by atoms with Gasteiger partial charge in [0.25, 0.3) is 5.91 Å². The van der Waals surface area contributed by atoms with Crippen molar-refractivity contribution < 1.29 is 22.7 Å². The molecule has 0 aromatic heterocycles. The molecule has 0 heterocycles. The van der Waals surface area contributed by atoms with Crippen LogP contribution in [0.3, 0.4) is 0 Å². The molecule has 0 unspecified atom stereocenters. The van der Waals surface area contributed by atoms with E-state index in [2.05, 4.69) is 5.32 Å². The predicted octanol–water partition coefficient (Wildman–Crippen LogP) is 4.02. The quantitative estimate of drug-likeness (QED) is 0.929. The van der Waals surface area contributed by atoms with Crippen LogP contribution >= 0.6 is 11.6 Å². The van der Waals surface area contributed by atoms with Crippen LogP contribution in [0.25, 0.3) is 0 Å². The number of methoxy groups -OCH3 is 1. The first-order chi connectivity index (χ1) is 9.92. The van der Waals surface area contributed by atoms with Crippen LogP contribution in [0, 0.1) is 17.5 Å². The Morgan fingerprint density at radius 2 is 1.86 bits per heavy atom. The molecule has 0 aliphatic rings. The Bertz CT molecular complexity index is 684. The van der Waals surface area contributed by atoms with Crippen molar-refractivity contribution in [1.82, 2.24) is 0 Å². The number of carbonyl (C=O) groups is 1. The van der Waals surface area contributed by atoms with Crippen molar-refractivity contribution in [3.05, 3.63) is 58.4 Å². The van der Waals surface area contributed by atoms with Gasteiger partial charge in [0.05, 0.1) is 23.4 Å². The van der Waals surface area contributed by atoms with E-state index in [0.29, 0.717) is 6.07 Å². The number of ether oxygens (including phenoxy) is 1. The summed E-state index contributed by atoms with van der Waals surface area (Å²) in [4.78, 5) is 11.9. The summed E-state index contributed by atoms with van der Waals surface area (Å²) >= 11 is 5.65. The van der Waals surface area contributed by atoms with Gasteiger partial charge in [-0.2, -0.15) is 0 Å². The van der Waals surface area contributed by atoms with Crippen molar-refractivity contribution in [2.75, 3.05) is 12.4 Å². The number of benzene rings is 2. The minimum absolute atomic E-state index is 0.232. The molecule has 2 aromatic rings. The Hall–Kier alpha value is -2.21. The van der Waals surface area contributed by atoms with Crippen molar-refractivity contribution in [3.8, 4) is 5.75 Å². The molecule has 0 radical (unpaired) electrons. The van der Waals surface area contributed by atoms with Crippen LogP contribution in [0.5, 0.6) is 5.75 Å². The van der Waals surface area contributed by atoms with Gasteiger partial charge in [-0.15, -0.1) is 0 Å². The van der Waals surface area contributed by atoms with Crippen molar-refractivity contribution >= 4 is 23.2 Å². The van der Waals surface area contributed by atoms with Gasteiger partial charge >= 0.3 is 0 Å². The monoisotopic (exact) mass is 315 g/mol. The second-order valence-electron chi connectivity index (χ2n) is 4.04. The number of carbonyl (C=O) groups excluding carboxylic acids is 1. The molecule has 0 saturated carbocycles. The van der Waals surface area contributed by atoms with Gasteiger partial charge in [0, 0.05) is 12.1 Å². The molecule has 3 nitrogen and oxygen atoms in total. The lowest BCUT2D eigenvalue weighted by Crippen LogP contribution is -2.15. The van der Waals surface area contributed by atoms with E-state index in [0.717, 1.165) is 12.1 Å². The number of nitrogens with one attached hydrogen (secondary N) is 1. The van der Waals surface area contributed by atoms with E-state index in [1.165, 1.54) is 19.2 Å². The number of anilines is 1. The molecule has 0 aliphatic heterocycles. The molecular formula is C14H9ClF3NO2. The normalized spacial score (nSPS) is 10.3. The summed E-state index contributed by atoms with van der Waals surface area (Å²) in [6, 6.07) is 4.97. The van der Waals surface area contributed by atoms with Crippen LogP contribution in [0.2, 0.25) is 5.02 Å². The predicted molar refractivity (Wildman–Crippen MR) is 72.3 cm³/mol. The van der Waals surface area contributed by atoms with E-state index >= 15 is 0 Å². The van der Waals surface area contributed by atoms with Crippen LogP contribution in [-0.4, -0.2) is 13.0 Å². The number of amides is 1. The third-order valence-corrected chi connectivity index (χ3v) is 2.96. The fourth-order valence-corrected chi connectivity index (χ4v) is 1.89. The third-order valence-electron chi connectivity index (χ3n) is 2.67. The number of hydrogen-bond acceptors (Lipinski definition) is 2. The Kier molecular flexibility index (Phi) is 4.37. The maximum Gasteiger partial charge on any atom is 0.258 e. The summed E-state index contributed by atoms with van der Waals surface area (Å²) in [6.07, 6.45) is 0. The van der Waals surface area contributed by atoms with Gasteiger partial charge in [-0.05, 0) is 18.2 Å². The molecule has 0 fully saturated rings. The molecule has 0 bridgehead atoms. The van der Waals surface area contributed by atoms with E-state index < -0.39 is 29.0 Å². The Labute approximate surface area is 123 Å². The molecule has 0 spiro atoms. The minimum Gasteiger partial charge on any atom is -0.497 e. The van der Waals surface area contributed by atoms with Gasteiger partial charge in [-0.25, -0.2) is 13.2 Å². The van der Waals surface area contributed by atoms with Crippen LogP contribution in [0.15, 0.2) is 30.3 Å². The van der Waals surface area contributed by atoms with Gasteiger partial charge in [0.1, 0.15) is 17.4 Å². The Morgan fingerprint density at radius 3 is 2.43 bits per heavy atom. The maximum atomic E-state index is 13.7. The first-order valence-electron chi connectivity index (χ1n) is 5.72. The highest BCUT2D eigenvalue weighted by Crippen LogP contribution is 2.27. The summed E-state index contributed by atoms with van der Waals surface area (Å²) < 4.78 is 45.0. The van der Waals surface area contributed by atoms with E-state index in [1.807, 2.05) is 0 Å². The molecule has 2 aromatic carbocycles. The van der Waals surface area contributed by atoms with Crippen LogP contribution in [0.4, 0.5) is 18.9 Å². The highest BCUT2D eigenvalue weighted by atomic mass is 35.5. The smallest absolute Gasteiger partial charge is 0.258 e. The molecule has 21 heavy (non-hydrogen) atoms. The van der Waals surface area contributed by atoms with Gasteiger partial charge in [0.15, 0.2) is 5.82 Å². The molecule has 7 heteroatoms. The molecule has 0 saturated heterocycles. The van der Waals surface area contributed by atoms with Gasteiger partial charge in [-0.1, -0.05) is 11.6 Å². The lowest BCUT2D eigenvalue weighted by molar-refractivity contribution is 0.102. The zero-order valence-corrected chi connectivity index (χ0v) is 11.5. The van der Waals surface area contributed by atoms with E-state index in [4.69, 9.17) is 16.3 Å². The average molecular weight is 316 g/mol. The molecular weight excluding hydrogens is 307 g/mol. The van der Waals surface area contributed by atoms with Crippen molar-refractivity contribution in [2.24, 2.45) is 0 Å². The lowest BCUT2D eigenvalue weighted by Gasteiger charge is -2.10. The average Bonchev–Trinajstić information content (AvgIpc) is 2.42. The highest BCUT2D eigenvalue weighted by molar-refractivity contribution is 6.34. The van der Waals surface area contributed by atoms with Crippen LogP contribution in [0.1, 0.15) is 10.4 Å². The number of hydrogen-bond donors (Lipinski definition) is 1. The van der Waals surface area contributed by atoms with Crippen molar-refractivity contribution in [1.29, 1.82) is 0 Å². The Morgan fingerprint density at radius 1 is 1.14 bits per heavy atom. The summed E-state index contributed by atoms with van der Waals surface area (Å²) in [5, 5.41) is 1.78. The summed E-state index contributed by atoms with van der Waals surface area (Å²) in [5.74, 6) is -3.46. The van der Waals surface area contributed by atoms with E-state index in [1.54, 1.807) is 0 Å². The van der Waals surface area contributed by atoms with E-state index in [-0.39, 0.29) is 16.3 Å². The van der Waals surface area contributed by atoms with Crippen molar-refractivity contribution in [2.45, 2.75) is 0 Å². The summed E-state index contributed by atoms with van der Waals surface area (Å²) in [7, 11) is 1.35. The molecule has 0 atom stereocenters. The van der Waals surface area contributed by atoms with E-state index in [9.17, 15) is 18.0 Å². The second kappa shape index (κ2) is 6.05. The maximum absolute atomic E-state index is 13.7. The molecule has 2 rings (SSSR count). The topological polar surface area (TPSA) is 38.3 Å². The Balaban J connectivity index is 2.30. The third kappa shape index (κ3) is 3.28. The first-order valence-corrected chi connectivity index (χ1v) is 6.09. The minimum atomic E-state index is -1.05. The molecule has 110 valence electrons. The fraction of sp³-hybridized carbons (Fsp3) is 0.0714. The van der Waals surface area contributed by atoms with Crippen LogP contribution < -0.4 is 10.1 Å². The van der Waals surface area contributed by atoms with Crippen LogP contribution in [-0.2, 0) is 0 Å². The fourth-order valence-electron chi connectivity index (χ4n) is 1.65. The first kappa shape index (κ1) is 15.2. The zero-order valence-electron chi connectivity index (χ0n) is 10.7. The number of rotatable bonds is 3. The molecule has 1 amide bonds. The molecule has 1 N–H and O–H groups in total. The largest absolute Gasteiger partial charge is 0.497 e. The van der Waals surface area contributed by atoms with Crippen molar-refractivity contribution in [3.63, 3.8) is 0 Å². The second-order valence-corrected chi connectivity index (χ2v) is 4.45. The molecule has 0 aliphatic carbocycles. The highest BCUT2D eigenvalue weighted by Gasteiger charge is 2.17. The zero-order chi connectivity index (χ0) is 15.6. The summed E-state index contributed by atoms with van der Waals surface area (Å²) in [6.45, 7) is 0. The lowest BCUT2D eigenvalue weighted by atomic mass is 10.2. The standard InChI is InChI=1S/C14H9ClF3NO2/c1-21-8-2-3-9(11(17)6-8)14(20)19-13-10(15)4-7(16)5-12(13)18/h2-6H,1H3,(H,19,20).